The number of hydrogen-bond donors (Lipinski definition) is 1. The molecular formula is C24H15FN2O3. The normalized spacial score (nSPS) is 11.5. The third kappa shape index (κ3) is 3.35. The van der Waals surface area contributed by atoms with E-state index in [9.17, 15) is 9.18 Å². The minimum atomic E-state index is -0.461. The van der Waals surface area contributed by atoms with Crippen LogP contribution in [0.1, 0.15) is 16.3 Å². The first kappa shape index (κ1) is 17.9. The zero-order chi connectivity index (χ0) is 20.5. The number of carbonyl (C=O) groups excluding carboxylic acids is 1. The van der Waals surface area contributed by atoms with Gasteiger partial charge in [0.2, 0.25) is 0 Å². The number of furan rings is 2. The molecule has 0 saturated heterocycles. The molecule has 0 aliphatic heterocycles. The van der Waals surface area contributed by atoms with Crippen molar-refractivity contribution in [3.8, 4) is 11.3 Å². The molecular weight excluding hydrogens is 383 g/mol. The molecule has 2 heterocycles. The number of amides is 1. The van der Waals surface area contributed by atoms with Crippen LogP contribution < -0.4 is 5.43 Å². The Labute approximate surface area is 170 Å². The maximum Gasteiger partial charge on any atom is 0.307 e. The largest absolute Gasteiger partial charge is 0.455 e. The molecule has 146 valence electrons. The number of carbonyl (C=O) groups is 1. The minimum absolute atomic E-state index is 0.171. The molecule has 0 bridgehead atoms. The van der Waals surface area contributed by atoms with Crippen molar-refractivity contribution >= 4 is 33.9 Å². The molecule has 0 aliphatic rings. The summed E-state index contributed by atoms with van der Waals surface area (Å²) in [6.45, 7) is 0. The predicted octanol–water partition coefficient (Wildman–Crippen LogP) is 5.75. The van der Waals surface area contributed by atoms with Crippen LogP contribution in [0.25, 0.3) is 33.1 Å². The lowest BCUT2D eigenvalue weighted by Crippen LogP contribution is -2.16. The fraction of sp³-hybridized carbons (Fsp3) is 0. The maximum atomic E-state index is 13.0. The quantitative estimate of drug-likeness (QED) is 0.310. The molecule has 0 fully saturated rings. The molecule has 0 unspecified atom stereocenters. The Kier molecular flexibility index (Phi) is 4.37. The molecule has 5 nitrogen and oxygen atoms in total. The molecule has 1 amide bonds. The molecule has 0 saturated carbocycles. The lowest BCUT2D eigenvalue weighted by Gasteiger charge is -1.96. The number of hydrogen-bond acceptors (Lipinski definition) is 4. The van der Waals surface area contributed by atoms with Gasteiger partial charge in [-0.25, -0.2) is 9.82 Å². The first-order valence-corrected chi connectivity index (χ1v) is 9.28. The van der Waals surface area contributed by atoms with Crippen LogP contribution in [0, 0.1) is 5.82 Å². The number of nitrogens with zero attached hydrogens (tertiary/aromatic N) is 1. The van der Waals surface area contributed by atoms with E-state index in [1.165, 1.54) is 18.3 Å². The second kappa shape index (κ2) is 7.33. The summed E-state index contributed by atoms with van der Waals surface area (Å²) in [7, 11) is 0. The summed E-state index contributed by atoms with van der Waals surface area (Å²) in [6.07, 6.45) is 1.39. The smallest absolute Gasteiger partial charge is 0.307 e. The molecule has 6 heteroatoms. The maximum absolute atomic E-state index is 13.0. The van der Waals surface area contributed by atoms with Crippen molar-refractivity contribution in [3.05, 3.63) is 96.2 Å². The Bertz CT molecular complexity index is 1400. The van der Waals surface area contributed by atoms with Crippen LogP contribution >= 0.6 is 0 Å². The van der Waals surface area contributed by atoms with Crippen molar-refractivity contribution in [2.45, 2.75) is 0 Å². The molecule has 0 atom stereocenters. The van der Waals surface area contributed by atoms with Crippen LogP contribution in [-0.2, 0) is 0 Å². The van der Waals surface area contributed by atoms with E-state index < -0.39 is 5.91 Å². The topological polar surface area (TPSA) is 67.7 Å². The van der Waals surface area contributed by atoms with E-state index in [2.05, 4.69) is 10.5 Å². The Hall–Kier alpha value is -4.19. The summed E-state index contributed by atoms with van der Waals surface area (Å²) in [5.74, 6) is 0.423. The van der Waals surface area contributed by atoms with Crippen molar-refractivity contribution in [1.82, 2.24) is 5.43 Å². The number of rotatable bonds is 4. The van der Waals surface area contributed by atoms with Gasteiger partial charge in [-0.05, 0) is 59.3 Å². The number of benzene rings is 3. The highest BCUT2D eigenvalue weighted by molar-refractivity contribution is 6.08. The summed E-state index contributed by atoms with van der Waals surface area (Å²) in [4.78, 5) is 12.4. The Balaban J connectivity index is 1.32. The molecule has 2 aromatic heterocycles. The van der Waals surface area contributed by atoms with Gasteiger partial charge in [-0.1, -0.05) is 30.3 Å². The molecule has 0 radical (unpaired) electrons. The minimum Gasteiger partial charge on any atom is -0.455 e. The number of hydrazone groups is 1. The third-order valence-electron chi connectivity index (χ3n) is 4.76. The zero-order valence-corrected chi connectivity index (χ0v) is 15.6. The van der Waals surface area contributed by atoms with Gasteiger partial charge in [-0.3, -0.25) is 4.79 Å². The molecule has 0 aliphatic carbocycles. The number of fused-ring (bicyclic) bond motifs is 3. The predicted molar refractivity (Wildman–Crippen MR) is 113 cm³/mol. The van der Waals surface area contributed by atoms with Crippen LogP contribution in [-0.4, -0.2) is 12.1 Å². The van der Waals surface area contributed by atoms with Crippen LogP contribution in [0.5, 0.6) is 0 Å². The lowest BCUT2D eigenvalue weighted by atomic mass is 10.1. The average molecular weight is 398 g/mol. The SMILES string of the molecule is O=C(NN=Cc1ccc(-c2ccc(F)cc2)o1)c1cc2c(ccc3ccccc32)o1. The number of halogens is 1. The molecule has 30 heavy (non-hydrogen) atoms. The van der Waals surface area contributed by atoms with Crippen molar-refractivity contribution in [1.29, 1.82) is 0 Å². The molecule has 1 N–H and O–H groups in total. The van der Waals surface area contributed by atoms with Crippen LogP contribution in [0.2, 0.25) is 0 Å². The molecule has 3 aromatic carbocycles. The molecule has 5 rings (SSSR count). The Morgan fingerprint density at radius 2 is 1.73 bits per heavy atom. The van der Waals surface area contributed by atoms with Gasteiger partial charge in [-0.15, -0.1) is 0 Å². The highest BCUT2D eigenvalue weighted by Gasteiger charge is 2.13. The highest BCUT2D eigenvalue weighted by Crippen LogP contribution is 2.28. The van der Waals surface area contributed by atoms with Gasteiger partial charge in [0.05, 0.1) is 6.21 Å². The fourth-order valence-corrected chi connectivity index (χ4v) is 3.31. The van der Waals surface area contributed by atoms with E-state index in [1.807, 2.05) is 36.4 Å². The van der Waals surface area contributed by atoms with E-state index in [0.29, 0.717) is 17.1 Å². The van der Waals surface area contributed by atoms with E-state index in [4.69, 9.17) is 8.83 Å². The second-order valence-corrected chi connectivity index (χ2v) is 6.72. The van der Waals surface area contributed by atoms with Gasteiger partial charge in [0.1, 0.15) is 22.9 Å². The van der Waals surface area contributed by atoms with E-state index in [-0.39, 0.29) is 11.6 Å². The Morgan fingerprint density at radius 3 is 2.60 bits per heavy atom. The summed E-state index contributed by atoms with van der Waals surface area (Å²) in [5, 5.41) is 6.90. The van der Waals surface area contributed by atoms with E-state index >= 15 is 0 Å². The van der Waals surface area contributed by atoms with Gasteiger partial charge in [0.25, 0.3) is 0 Å². The van der Waals surface area contributed by atoms with Gasteiger partial charge in [0.15, 0.2) is 5.76 Å². The van der Waals surface area contributed by atoms with Crippen LogP contribution in [0.4, 0.5) is 4.39 Å². The van der Waals surface area contributed by atoms with E-state index in [0.717, 1.165) is 21.7 Å². The van der Waals surface area contributed by atoms with Crippen molar-refractivity contribution in [3.63, 3.8) is 0 Å². The van der Waals surface area contributed by atoms with E-state index in [1.54, 1.807) is 30.3 Å². The van der Waals surface area contributed by atoms with Gasteiger partial charge < -0.3 is 8.83 Å². The monoisotopic (exact) mass is 398 g/mol. The summed E-state index contributed by atoms with van der Waals surface area (Å²) in [6, 6.07) is 22.9. The van der Waals surface area contributed by atoms with Crippen molar-refractivity contribution in [2.24, 2.45) is 5.10 Å². The zero-order valence-electron chi connectivity index (χ0n) is 15.6. The van der Waals surface area contributed by atoms with Gasteiger partial charge in [0, 0.05) is 10.9 Å². The van der Waals surface area contributed by atoms with Gasteiger partial charge >= 0.3 is 5.91 Å². The standard InChI is InChI=1S/C24H15FN2O3/c25-17-8-5-16(6-9-17)21-12-10-18(29-21)14-26-27-24(28)23-13-20-19-4-2-1-3-15(19)7-11-22(20)30-23/h1-14H,(H,27,28). The summed E-state index contributed by atoms with van der Waals surface area (Å²) >= 11 is 0. The highest BCUT2D eigenvalue weighted by atomic mass is 19.1. The van der Waals surface area contributed by atoms with Crippen LogP contribution in [0.3, 0.4) is 0 Å². The molecule has 5 aromatic rings. The molecule has 0 spiro atoms. The van der Waals surface area contributed by atoms with Crippen LogP contribution in [0.15, 0.2) is 92.8 Å². The third-order valence-corrected chi connectivity index (χ3v) is 4.76. The Morgan fingerprint density at radius 1 is 0.900 bits per heavy atom. The van der Waals surface area contributed by atoms with Crippen molar-refractivity contribution in [2.75, 3.05) is 0 Å². The fourth-order valence-electron chi connectivity index (χ4n) is 3.31. The first-order valence-electron chi connectivity index (χ1n) is 9.28. The number of nitrogens with one attached hydrogen (secondary N) is 1. The van der Waals surface area contributed by atoms with Crippen molar-refractivity contribution < 1.29 is 18.0 Å². The summed E-state index contributed by atoms with van der Waals surface area (Å²) in [5.41, 5.74) is 3.82. The first-order chi connectivity index (χ1) is 14.7. The lowest BCUT2D eigenvalue weighted by molar-refractivity contribution is 0.0929. The summed E-state index contributed by atoms with van der Waals surface area (Å²) < 4.78 is 24.4. The second-order valence-electron chi connectivity index (χ2n) is 6.72. The van der Waals surface area contributed by atoms with Gasteiger partial charge in [-0.2, -0.15) is 5.10 Å². The average Bonchev–Trinajstić information content (AvgIpc) is 3.41.